The number of carbonyl (C=O) groups excluding carboxylic acids is 2. The lowest BCUT2D eigenvalue weighted by Gasteiger charge is -2.19. The van der Waals surface area contributed by atoms with Gasteiger partial charge < -0.3 is 10.6 Å². The van der Waals surface area contributed by atoms with Crippen LogP contribution in [-0.4, -0.2) is 29.4 Å². The van der Waals surface area contributed by atoms with E-state index in [0.29, 0.717) is 17.2 Å². The van der Waals surface area contributed by atoms with Gasteiger partial charge in [-0.1, -0.05) is 12.5 Å². The molecule has 1 aromatic rings. The van der Waals surface area contributed by atoms with Crippen molar-refractivity contribution in [2.24, 2.45) is 0 Å². The monoisotopic (exact) mass is 290 g/mol. The Balaban J connectivity index is 1.72. The summed E-state index contributed by atoms with van der Waals surface area (Å²) in [7, 11) is 0. The van der Waals surface area contributed by atoms with Crippen LogP contribution in [0.5, 0.6) is 0 Å². The number of anilines is 1. The Kier molecular flexibility index (Phi) is 3.70. The molecule has 1 aromatic carbocycles. The highest BCUT2D eigenvalue weighted by molar-refractivity contribution is 7.99. The van der Waals surface area contributed by atoms with Gasteiger partial charge in [0.15, 0.2) is 0 Å². The van der Waals surface area contributed by atoms with Gasteiger partial charge in [-0.2, -0.15) is 11.8 Å². The normalized spacial score (nSPS) is 24.4. The summed E-state index contributed by atoms with van der Waals surface area (Å²) in [5.41, 5.74) is 2.36. The highest BCUT2D eigenvalue weighted by Crippen LogP contribution is 2.29. The SMILES string of the molecule is CSC1CCCC1NC(=O)c1ccc2c(c1)NC(=O)C2. The quantitative estimate of drug-likeness (QED) is 0.897. The molecule has 2 amide bonds. The van der Waals surface area contributed by atoms with Crippen LogP contribution < -0.4 is 10.6 Å². The van der Waals surface area contributed by atoms with Crippen LogP contribution in [0.25, 0.3) is 0 Å². The van der Waals surface area contributed by atoms with E-state index in [1.807, 2.05) is 17.8 Å². The minimum Gasteiger partial charge on any atom is -0.348 e. The van der Waals surface area contributed by atoms with Crippen LogP contribution in [0.4, 0.5) is 5.69 Å². The van der Waals surface area contributed by atoms with E-state index in [-0.39, 0.29) is 17.9 Å². The van der Waals surface area contributed by atoms with Gasteiger partial charge in [-0.25, -0.2) is 0 Å². The third-order valence-electron chi connectivity index (χ3n) is 4.07. The first kappa shape index (κ1) is 13.5. The molecule has 1 heterocycles. The maximum absolute atomic E-state index is 12.3. The summed E-state index contributed by atoms with van der Waals surface area (Å²) in [5.74, 6) is -0.0457. The van der Waals surface area contributed by atoms with Crippen LogP contribution in [0, 0.1) is 0 Å². The first-order valence-electron chi connectivity index (χ1n) is 6.94. The van der Waals surface area contributed by atoms with Crippen molar-refractivity contribution in [1.29, 1.82) is 0 Å². The fourth-order valence-electron chi connectivity index (χ4n) is 2.98. The van der Waals surface area contributed by atoms with Crippen molar-refractivity contribution in [1.82, 2.24) is 5.32 Å². The van der Waals surface area contributed by atoms with Crippen LogP contribution in [0.3, 0.4) is 0 Å². The fraction of sp³-hybridized carbons (Fsp3) is 0.467. The van der Waals surface area contributed by atoms with E-state index in [1.165, 1.54) is 12.8 Å². The van der Waals surface area contributed by atoms with E-state index in [4.69, 9.17) is 0 Å². The van der Waals surface area contributed by atoms with Crippen molar-refractivity contribution in [3.8, 4) is 0 Å². The number of thioether (sulfide) groups is 1. The third kappa shape index (κ3) is 2.54. The molecule has 2 atom stereocenters. The Morgan fingerprint density at radius 1 is 1.40 bits per heavy atom. The summed E-state index contributed by atoms with van der Waals surface area (Å²) >= 11 is 1.83. The minimum atomic E-state index is -0.0418. The summed E-state index contributed by atoms with van der Waals surface area (Å²) < 4.78 is 0. The predicted octanol–water partition coefficient (Wildman–Crippen LogP) is 2.20. The summed E-state index contributed by atoms with van der Waals surface area (Å²) in [6, 6.07) is 5.71. The molecule has 0 radical (unpaired) electrons. The molecule has 0 spiro atoms. The molecule has 1 saturated carbocycles. The summed E-state index contributed by atoms with van der Waals surface area (Å²) in [6.07, 6.45) is 5.91. The largest absolute Gasteiger partial charge is 0.348 e. The molecule has 0 saturated heterocycles. The van der Waals surface area contributed by atoms with Crippen molar-refractivity contribution in [3.63, 3.8) is 0 Å². The molecule has 2 unspecified atom stereocenters. The molecule has 2 aliphatic rings. The van der Waals surface area contributed by atoms with Crippen molar-refractivity contribution in [2.45, 2.75) is 37.0 Å². The van der Waals surface area contributed by atoms with Crippen molar-refractivity contribution >= 4 is 29.3 Å². The predicted molar refractivity (Wildman–Crippen MR) is 81.2 cm³/mol. The second-order valence-electron chi connectivity index (χ2n) is 5.38. The summed E-state index contributed by atoms with van der Waals surface area (Å²) in [4.78, 5) is 23.6. The number of hydrogen-bond acceptors (Lipinski definition) is 3. The number of hydrogen-bond donors (Lipinski definition) is 2. The highest BCUT2D eigenvalue weighted by Gasteiger charge is 2.28. The van der Waals surface area contributed by atoms with Crippen molar-refractivity contribution < 1.29 is 9.59 Å². The first-order chi connectivity index (χ1) is 9.67. The van der Waals surface area contributed by atoms with Crippen LogP contribution in [0.1, 0.15) is 35.2 Å². The zero-order valence-electron chi connectivity index (χ0n) is 11.4. The molecule has 0 bridgehead atoms. The van der Waals surface area contributed by atoms with Crippen LogP contribution in [-0.2, 0) is 11.2 Å². The molecular weight excluding hydrogens is 272 g/mol. The van der Waals surface area contributed by atoms with Crippen LogP contribution in [0.15, 0.2) is 18.2 Å². The zero-order valence-corrected chi connectivity index (χ0v) is 12.3. The number of fused-ring (bicyclic) bond motifs is 1. The Hall–Kier alpha value is -1.49. The second-order valence-corrected chi connectivity index (χ2v) is 6.46. The lowest BCUT2D eigenvalue weighted by molar-refractivity contribution is -0.115. The Labute approximate surface area is 122 Å². The Morgan fingerprint density at radius 3 is 3.05 bits per heavy atom. The number of carbonyl (C=O) groups is 2. The lowest BCUT2D eigenvalue weighted by Crippen LogP contribution is -2.38. The Bertz CT molecular complexity index is 559. The van der Waals surface area contributed by atoms with Gasteiger partial charge in [0.25, 0.3) is 5.91 Å². The van der Waals surface area contributed by atoms with E-state index in [9.17, 15) is 9.59 Å². The lowest BCUT2D eigenvalue weighted by atomic mass is 10.1. The maximum Gasteiger partial charge on any atom is 0.251 e. The van der Waals surface area contributed by atoms with E-state index >= 15 is 0 Å². The van der Waals surface area contributed by atoms with Gasteiger partial charge in [0.2, 0.25) is 5.91 Å². The van der Waals surface area contributed by atoms with Crippen molar-refractivity contribution in [3.05, 3.63) is 29.3 Å². The smallest absolute Gasteiger partial charge is 0.251 e. The molecule has 1 aliphatic heterocycles. The first-order valence-corrected chi connectivity index (χ1v) is 8.22. The average molecular weight is 290 g/mol. The molecule has 2 N–H and O–H groups in total. The van der Waals surface area contributed by atoms with Gasteiger partial charge in [-0.05, 0) is 36.8 Å². The topological polar surface area (TPSA) is 58.2 Å². The maximum atomic E-state index is 12.3. The highest BCUT2D eigenvalue weighted by atomic mass is 32.2. The Morgan fingerprint density at radius 2 is 2.25 bits per heavy atom. The molecule has 20 heavy (non-hydrogen) atoms. The standard InChI is InChI=1S/C15H18N2O2S/c1-20-13-4-2-3-11(13)17-15(19)10-6-5-9-8-14(18)16-12(9)7-10/h5-7,11,13H,2-4,8H2,1H3,(H,16,18)(H,17,19). The summed E-state index contributed by atoms with van der Waals surface area (Å²) in [5, 5.41) is 6.43. The summed E-state index contributed by atoms with van der Waals surface area (Å²) in [6.45, 7) is 0. The van der Waals surface area contributed by atoms with Gasteiger partial charge in [0.05, 0.1) is 6.42 Å². The molecule has 0 aromatic heterocycles. The molecule has 106 valence electrons. The van der Waals surface area contributed by atoms with Gasteiger partial charge in [-0.3, -0.25) is 9.59 Å². The van der Waals surface area contributed by atoms with Gasteiger partial charge >= 0.3 is 0 Å². The number of nitrogens with one attached hydrogen (secondary N) is 2. The van der Waals surface area contributed by atoms with Gasteiger partial charge in [-0.15, -0.1) is 0 Å². The van der Waals surface area contributed by atoms with Gasteiger partial charge in [0, 0.05) is 22.5 Å². The average Bonchev–Trinajstić information content (AvgIpc) is 3.02. The number of rotatable bonds is 3. The molecule has 5 heteroatoms. The fourth-order valence-corrected chi connectivity index (χ4v) is 3.92. The van der Waals surface area contributed by atoms with Crippen LogP contribution in [0.2, 0.25) is 0 Å². The van der Waals surface area contributed by atoms with Gasteiger partial charge in [0.1, 0.15) is 0 Å². The third-order valence-corrected chi connectivity index (χ3v) is 5.24. The van der Waals surface area contributed by atoms with E-state index in [0.717, 1.165) is 17.7 Å². The van der Waals surface area contributed by atoms with E-state index in [2.05, 4.69) is 16.9 Å². The molecule has 1 aliphatic carbocycles. The number of amides is 2. The van der Waals surface area contributed by atoms with E-state index < -0.39 is 0 Å². The molecule has 3 rings (SSSR count). The zero-order chi connectivity index (χ0) is 14.1. The molecular formula is C15H18N2O2S. The molecule has 4 nitrogen and oxygen atoms in total. The van der Waals surface area contributed by atoms with E-state index in [1.54, 1.807) is 12.1 Å². The minimum absolute atomic E-state index is 0.00389. The second kappa shape index (κ2) is 5.48. The van der Waals surface area contributed by atoms with Crippen molar-refractivity contribution in [2.75, 3.05) is 11.6 Å². The number of benzene rings is 1. The van der Waals surface area contributed by atoms with Crippen LogP contribution >= 0.6 is 11.8 Å². The molecule has 1 fully saturated rings.